The van der Waals surface area contributed by atoms with Crippen LogP contribution in [0.2, 0.25) is 0 Å². The van der Waals surface area contributed by atoms with E-state index in [4.69, 9.17) is 14.4 Å². The molecule has 0 aliphatic heterocycles. The molecule has 31 heavy (non-hydrogen) atoms. The highest BCUT2D eigenvalue weighted by Crippen LogP contribution is 2.19. The first kappa shape index (κ1) is 21.9. The average molecular weight is 419 g/mol. The van der Waals surface area contributed by atoms with Crippen LogP contribution >= 0.6 is 0 Å². The number of ether oxygens (including phenoxy) is 1. The summed E-state index contributed by atoms with van der Waals surface area (Å²) in [6, 6.07) is 14.9. The van der Waals surface area contributed by atoms with Crippen LogP contribution in [-0.2, 0) is 16.1 Å². The van der Waals surface area contributed by atoms with Gasteiger partial charge in [0.25, 0.3) is 5.91 Å². The molecular formula is C24H25N3O4. The summed E-state index contributed by atoms with van der Waals surface area (Å²) in [5, 5.41) is 8.92. The minimum absolute atomic E-state index is 0.182. The molecule has 0 fully saturated rings. The van der Waals surface area contributed by atoms with Crippen LogP contribution < -0.4 is 4.90 Å². The van der Waals surface area contributed by atoms with E-state index in [1.54, 1.807) is 12.3 Å². The first-order valence-corrected chi connectivity index (χ1v) is 10.0. The molecule has 0 spiro atoms. The summed E-state index contributed by atoms with van der Waals surface area (Å²) < 4.78 is 12.7. The van der Waals surface area contributed by atoms with Gasteiger partial charge < -0.3 is 18.6 Å². The molecule has 160 valence electrons. The average Bonchev–Trinajstić information content (AvgIpc) is 3.37. The summed E-state index contributed by atoms with van der Waals surface area (Å²) in [5.74, 6) is -0.156. The normalized spacial score (nSPS) is 10.5. The maximum atomic E-state index is 12.8. The Kier molecular flexibility index (Phi) is 6.93. The molecule has 0 N–H and O–H groups in total. The summed E-state index contributed by atoms with van der Waals surface area (Å²) in [6.07, 6.45) is 1.79. The fourth-order valence-electron chi connectivity index (χ4n) is 3.38. The lowest BCUT2D eigenvalue weighted by Crippen LogP contribution is -2.35. The highest BCUT2D eigenvalue weighted by Gasteiger charge is 2.21. The lowest BCUT2D eigenvalue weighted by atomic mass is 10.2. The number of amides is 1. The van der Waals surface area contributed by atoms with Gasteiger partial charge >= 0.3 is 5.97 Å². The number of carbonyl (C=O) groups is 2. The van der Waals surface area contributed by atoms with E-state index in [2.05, 4.69) is 0 Å². The Labute approximate surface area is 181 Å². The predicted octanol–water partition coefficient (Wildman–Crippen LogP) is 4.16. The van der Waals surface area contributed by atoms with E-state index in [-0.39, 0.29) is 18.9 Å². The molecule has 7 nitrogen and oxygen atoms in total. The molecule has 7 heteroatoms. The van der Waals surface area contributed by atoms with Gasteiger partial charge in [-0.3, -0.25) is 4.79 Å². The van der Waals surface area contributed by atoms with Crippen molar-refractivity contribution in [1.29, 1.82) is 5.26 Å². The third-order valence-electron chi connectivity index (χ3n) is 5.11. The maximum Gasteiger partial charge on any atom is 0.340 e. The minimum atomic E-state index is -0.559. The third-order valence-corrected chi connectivity index (χ3v) is 5.11. The highest BCUT2D eigenvalue weighted by atomic mass is 16.5. The van der Waals surface area contributed by atoms with Crippen molar-refractivity contribution in [3.8, 4) is 6.07 Å². The minimum Gasteiger partial charge on any atom is -0.467 e. The van der Waals surface area contributed by atoms with Crippen molar-refractivity contribution in [2.45, 2.75) is 33.7 Å². The molecule has 3 aromatic rings. The number of aromatic nitrogens is 1. The smallest absolute Gasteiger partial charge is 0.340 e. The number of benzene rings is 1. The molecule has 1 aromatic carbocycles. The topological polar surface area (TPSA) is 88.5 Å². The molecule has 2 heterocycles. The van der Waals surface area contributed by atoms with Crippen LogP contribution in [-0.4, -0.2) is 29.6 Å². The Morgan fingerprint density at radius 2 is 1.90 bits per heavy atom. The number of esters is 1. The monoisotopic (exact) mass is 419 g/mol. The Balaban J connectivity index is 1.69. The second-order valence-corrected chi connectivity index (χ2v) is 7.32. The third kappa shape index (κ3) is 5.23. The van der Waals surface area contributed by atoms with Crippen LogP contribution in [0.4, 0.5) is 5.69 Å². The van der Waals surface area contributed by atoms with Crippen molar-refractivity contribution >= 4 is 17.6 Å². The van der Waals surface area contributed by atoms with E-state index in [1.165, 1.54) is 4.90 Å². The summed E-state index contributed by atoms with van der Waals surface area (Å²) in [4.78, 5) is 26.9. The quantitative estimate of drug-likeness (QED) is 0.512. The molecule has 2 aromatic heterocycles. The van der Waals surface area contributed by atoms with E-state index in [1.807, 2.05) is 67.8 Å². The van der Waals surface area contributed by atoms with E-state index in [0.29, 0.717) is 17.8 Å². The number of hydrogen-bond donors (Lipinski definition) is 0. The first-order valence-electron chi connectivity index (χ1n) is 10.0. The molecule has 0 unspecified atom stereocenters. The Morgan fingerprint density at radius 1 is 1.16 bits per heavy atom. The van der Waals surface area contributed by atoms with Crippen LogP contribution in [0.5, 0.6) is 0 Å². The van der Waals surface area contributed by atoms with Gasteiger partial charge in [-0.25, -0.2) is 4.79 Å². The number of nitriles is 1. The Morgan fingerprint density at radius 3 is 2.55 bits per heavy atom. The Hall–Kier alpha value is -3.79. The van der Waals surface area contributed by atoms with Crippen LogP contribution in [0.3, 0.4) is 0 Å². The molecule has 0 aliphatic carbocycles. The summed E-state index contributed by atoms with van der Waals surface area (Å²) in [7, 11) is 0. The first-order chi connectivity index (χ1) is 14.9. The van der Waals surface area contributed by atoms with Crippen molar-refractivity contribution in [2.75, 3.05) is 18.1 Å². The van der Waals surface area contributed by atoms with Gasteiger partial charge in [-0.05, 0) is 51.1 Å². The summed E-state index contributed by atoms with van der Waals surface area (Å²) in [5.41, 5.74) is 3.77. The van der Waals surface area contributed by atoms with E-state index >= 15 is 0 Å². The molecule has 0 saturated carbocycles. The fraction of sp³-hybridized carbons (Fsp3) is 0.292. The number of furan rings is 1. The second kappa shape index (κ2) is 9.81. The van der Waals surface area contributed by atoms with Crippen LogP contribution in [0.25, 0.3) is 0 Å². The van der Waals surface area contributed by atoms with Gasteiger partial charge in [0, 0.05) is 23.6 Å². The molecule has 0 aliphatic rings. The van der Waals surface area contributed by atoms with Crippen molar-refractivity contribution in [3.63, 3.8) is 0 Å². The largest absolute Gasteiger partial charge is 0.467 e. The Bertz CT molecular complexity index is 1090. The lowest BCUT2D eigenvalue weighted by molar-refractivity contribution is -0.121. The highest BCUT2D eigenvalue weighted by molar-refractivity contribution is 5.97. The zero-order valence-electron chi connectivity index (χ0n) is 17.9. The van der Waals surface area contributed by atoms with E-state index in [0.717, 1.165) is 22.7 Å². The molecular weight excluding hydrogens is 394 g/mol. The zero-order valence-corrected chi connectivity index (χ0v) is 17.9. The van der Waals surface area contributed by atoms with Gasteiger partial charge in [0.1, 0.15) is 5.76 Å². The number of carbonyl (C=O) groups excluding carboxylic acids is 2. The van der Waals surface area contributed by atoms with Crippen molar-refractivity contribution in [1.82, 2.24) is 4.57 Å². The van der Waals surface area contributed by atoms with Gasteiger partial charge in [-0.1, -0.05) is 17.7 Å². The summed E-state index contributed by atoms with van der Waals surface area (Å²) >= 11 is 0. The van der Waals surface area contributed by atoms with Gasteiger partial charge in [-0.2, -0.15) is 5.26 Å². The van der Waals surface area contributed by atoms with Crippen LogP contribution in [0.1, 0.15) is 39.5 Å². The van der Waals surface area contributed by atoms with Gasteiger partial charge in [0.15, 0.2) is 6.61 Å². The SMILES string of the molecule is Cc1ccc(N(CCC#N)C(=O)COC(=O)c2cc(C)n(Cc3ccco3)c2C)cc1. The van der Waals surface area contributed by atoms with Crippen LogP contribution in [0.15, 0.2) is 53.1 Å². The van der Waals surface area contributed by atoms with Crippen LogP contribution in [0, 0.1) is 32.1 Å². The van der Waals surface area contributed by atoms with Gasteiger partial charge in [-0.15, -0.1) is 0 Å². The van der Waals surface area contributed by atoms with Gasteiger partial charge in [0.2, 0.25) is 0 Å². The fourth-order valence-corrected chi connectivity index (χ4v) is 3.38. The van der Waals surface area contributed by atoms with Gasteiger partial charge in [0.05, 0.1) is 30.9 Å². The lowest BCUT2D eigenvalue weighted by Gasteiger charge is -2.21. The van der Waals surface area contributed by atoms with Crippen molar-refractivity contribution < 1.29 is 18.7 Å². The molecule has 0 radical (unpaired) electrons. The number of rotatable bonds is 8. The molecule has 3 rings (SSSR count). The number of hydrogen-bond acceptors (Lipinski definition) is 5. The molecule has 0 bridgehead atoms. The second-order valence-electron chi connectivity index (χ2n) is 7.32. The van der Waals surface area contributed by atoms with E-state index in [9.17, 15) is 9.59 Å². The standard InChI is InChI=1S/C24H25N3O4/c1-17-7-9-20(10-8-17)26(12-5-11-25)23(28)16-31-24(29)22-14-18(2)27(19(22)3)15-21-6-4-13-30-21/h4,6-10,13-14H,5,12,15-16H2,1-3H3. The van der Waals surface area contributed by atoms with Crippen molar-refractivity contribution in [3.05, 3.63) is 77.0 Å². The molecule has 0 atom stereocenters. The predicted molar refractivity (Wildman–Crippen MR) is 116 cm³/mol. The molecule has 0 saturated heterocycles. The van der Waals surface area contributed by atoms with Crippen molar-refractivity contribution in [2.24, 2.45) is 0 Å². The summed E-state index contributed by atoms with van der Waals surface area (Å²) in [6.45, 7) is 6.02. The molecule has 1 amide bonds. The number of aryl methyl sites for hydroxylation is 2. The number of anilines is 1. The number of nitrogens with zero attached hydrogens (tertiary/aromatic N) is 3. The zero-order chi connectivity index (χ0) is 22.4. The van der Waals surface area contributed by atoms with E-state index < -0.39 is 12.6 Å². The maximum absolute atomic E-state index is 12.8.